The van der Waals surface area contributed by atoms with E-state index in [0.717, 1.165) is 22.3 Å². The molecule has 1 aliphatic heterocycles. The molecule has 0 unspecified atom stereocenters. The van der Waals surface area contributed by atoms with E-state index in [4.69, 9.17) is 4.74 Å². The minimum Gasteiger partial charge on any atom is -0.480 e. The number of carbonyl (C=O) groups excluding carboxylic acids is 2. The molecule has 10 heteroatoms. The van der Waals surface area contributed by atoms with Crippen molar-refractivity contribution in [1.82, 2.24) is 15.2 Å². The highest BCUT2D eigenvalue weighted by atomic mass is 16.6. The van der Waals surface area contributed by atoms with Crippen LogP contribution in [0.15, 0.2) is 53.2 Å². The van der Waals surface area contributed by atoms with Gasteiger partial charge >= 0.3 is 12.1 Å². The maximum atomic E-state index is 12.8. The van der Waals surface area contributed by atoms with Gasteiger partial charge in [-0.15, -0.1) is 0 Å². The number of carbonyl (C=O) groups is 3. The van der Waals surface area contributed by atoms with E-state index in [0.29, 0.717) is 12.8 Å². The summed E-state index contributed by atoms with van der Waals surface area (Å²) in [6, 6.07) is 15.0. The lowest BCUT2D eigenvalue weighted by Gasteiger charge is -2.20. The van der Waals surface area contributed by atoms with Gasteiger partial charge in [0, 0.05) is 12.5 Å². The van der Waals surface area contributed by atoms with Gasteiger partial charge in [0.15, 0.2) is 0 Å². The Hall–Kier alpha value is -4.21. The summed E-state index contributed by atoms with van der Waals surface area (Å²) in [6.45, 7) is 0.356. The Labute approximate surface area is 188 Å². The number of anilines is 1. The van der Waals surface area contributed by atoms with Crippen molar-refractivity contribution in [2.24, 2.45) is 0 Å². The second-order valence-electron chi connectivity index (χ2n) is 7.91. The van der Waals surface area contributed by atoms with Crippen LogP contribution in [-0.2, 0) is 9.53 Å². The molecular weight excluding hydrogens is 428 g/mol. The van der Waals surface area contributed by atoms with Crippen LogP contribution < -0.4 is 5.32 Å². The second-order valence-corrected chi connectivity index (χ2v) is 7.91. The lowest BCUT2D eigenvalue weighted by molar-refractivity contribution is -0.141. The second kappa shape index (κ2) is 8.38. The molecule has 2 heterocycles. The third kappa shape index (κ3) is 3.69. The Kier molecular flexibility index (Phi) is 5.25. The van der Waals surface area contributed by atoms with Crippen LogP contribution in [0.1, 0.15) is 40.4 Å². The van der Waals surface area contributed by atoms with E-state index in [2.05, 4.69) is 20.3 Å². The van der Waals surface area contributed by atoms with Gasteiger partial charge in [0.1, 0.15) is 12.6 Å². The predicted octanol–water partition coefficient (Wildman–Crippen LogP) is 3.12. The number of hydrogen-bond donors (Lipinski definition) is 2. The number of likely N-dealkylation sites (tertiary alicyclic amines) is 1. The summed E-state index contributed by atoms with van der Waals surface area (Å²) < 4.78 is 10.1. The van der Waals surface area contributed by atoms with Gasteiger partial charge in [0.2, 0.25) is 11.5 Å². The zero-order chi connectivity index (χ0) is 22.9. The summed E-state index contributed by atoms with van der Waals surface area (Å²) in [5.74, 6) is -2.10. The van der Waals surface area contributed by atoms with Gasteiger partial charge in [0.05, 0.1) is 0 Å². The van der Waals surface area contributed by atoms with Gasteiger partial charge in [-0.25, -0.2) is 14.2 Å². The number of fused-ring (bicyclic) bond motifs is 3. The number of carboxylic acids is 1. The van der Waals surface area contributed by atoms with Crippen LogP contribution in [-0.4, -0.2) is 57.5 Å². The first kappa shape index (κ1) is 20.7. The van der Waals surface area contributed by atoms with Crippen molar-refractivity contribution < 1.29 is 28.9 Å². The number of benzene rings is 2. The lowest BCUT2D eigenvalue weighted by atomic mass is 9.98. The van der Waals surface area contributed by atoms with E-state index in [-0.39, 0.29) is 30.6 Å². The Morgan fingerprint density at radius 1 is 1.06 bits per heavy atom. The fourth-order valence-electron chi connectivity index (χ4n) is 4.54. The van der Waals surface area contributed by atoms with E-state index >= 15 is 0 Å². The molecule has 1 fully saturated rings. The number of amides is 2. The summed E-state index contributed by atoms with van der Waals surface area (Å²) in [5, 5.41) is 18.8. The number of ether oxygens (including phenoxy) is 1. The Morgan fingerprint density at radius 3 is 2.39 bits per heavy atom. The first-order valence-electron chi connectivity index (χ1n) is 10.5. The largest absolute Gasteiger partial charge is 0.480 e. The molecule has 1 aromatic heterocycles. The van der Waals surface area contributed by atoms with Gasteiger partial charge in [-0.3, -0.25) is 10.1 Å². The summed E-state index contributed by atoms with van der Waals surface area (Å²) in [5.41, 5.74) is 4.08. The van der Waals surface area contributed by atoms with Gasteiger partial charge in [-0.05, 0) is 45.4 Å². The zero-order valence-corrected chi connectivity index (χ0v) is 17.4. The molecule has 3 aromatic rings. The summed E-state index contributed by atoms with van der Waals surface area (Å²) in [6.07, 6.45) is 0.0859. The third-order valence-electron chi connectivity index (χ3n) is 6.05. The first-order valence-corrected chi connectivity index (χ1v) is 10.5. The van der Waals surface area contributed by atoms with Crippen molar-refractivity contribution >= 4 is 23.8 Å². The molecule has 0 saturated carbocycles. The molecule has 2 aromatic carbocycles. The first-order chi connectivity index (χ1) is 16.0. The number of nitrogens with one attached hydrogen (secondary N) is 1. The monoisotopic (exact) mass is 448 g/mol. The topological polar surface area (TPSA) is 135 Å². The molecule has 0 radical (unpaired) electrons. The minimum atomic E-state index is -1.09. The highest BCUT2D eigenvalue weighted by Gasteiger charge is 2.37. The molecule has 33 heavy (non-hydrogen) atoms. The molecule has 0 bridgehead atoms. The normalized spacial score (nSPS) is 16.8. The van der Waals surface area contributed by atoms with Crippen LogP contribution in [0, 0.1) is 0 Å². The van der Waals surface area contributed by atoms with Crippen molar-refractivity contribution in [3.8, 4) is 11.1 Å². The zero-order valence-electron chi connectivity index (χ0n) is 17.4. The molecule has 0 spiro atoms. The van der Waals surface area contributed by atoms with Crippen molar-refractivity contribution in [3.05, 3.63) is 65.4 Å². The summed E-state index contributed by atoms with van der Waals surface area (Å²) in [7, 11) is 0. The van der Waals surface area contributed by atoms with E-state index < -0.39 is 24.0 Å². The number of carboxylic acid groups (broad SMARTS) is 1. The van der Waals surface area contributed by atoms with Crippen LogP contribution in [0.4, 0.5) is 10.6 Å². The standard InChI is InChI=1S/C23H20N4O6/c28-21(27-11-5-10-18(27)22(29)30)19-20(26-33-25-19)24-23(31)32-12-17-15-8-3-1-6-13(15)14-7-2-4-9-16(14)17/h1-4,6-9,17-18H,5,10-12H2,(H,29,30)(H,24,26,31)/t18-/m1/s1. The van der Waals surface area contributed by atoms with Crippen molar-refractivity contribution in [2.75, 3.05) is 18.5 Å². The average Bonchev–Trinajstić information content (AvgIpc) is 3.55. The number of aliphatic carboxylic acids is 1. The van der Waals surface area contributed by atoms with E-state index in [1.54, 1.807) is 0 Å². The number of nitrogens with zero attached hydrogens (tertiary/aromatic N) is 3. The van der Waals surface area contributed by atoms with E-state index in [9.17, 15) is 19.5 Å². The minimum absolute atomic E-state index is 0.0850. The van der Waals surface area contributed by atoms with Gasteiger partial charge in [-0.2, -0.15) is 0 Å². The Balaban J connectivity index is 1.28. The van der Waals surface area contributed by atoms with Gasteiger partial charge in [0.25, 0.3) is 5.91 Å². The fraction of sp³-hybridized carbons (Fsp3) is 0.261. The van der Waals surface area contributed by atoms with Crippen molar-refractivity contribution in [2.45, 2.75) is 24.8 Å². The average molecular weight is 448 g/mol. The third-order valence-corrected chi connectivity index (χ3v) is 6.05. The molecule has 5 rings (SSSR count). The highest BCUT2D eigenvalue weighted by molar-refractivity contribution is 6.01. The van der Waals surface area contributed by atoms with Gasteiger partial charge in [-0.1, -0.05) is 48.5 Å². The maximum Gasteiger partial charge on any atom is 0.412 e. The smallest absolute Gasteiger partial charge is 0.412 e. The highest BCUT2D eigenvalue weighted by Crippen LogP contribution is 2.44. The number of rotatable bonds is 5. The Bertz CT molecular complexity index is 1190. The van der Waals surface area contributed by atoms with Crippen LogP contribution >= 0.6 is 0 Å². The van der Waals surface area contributed by atoms with Crippen LogP contribution in [0.2, 0.25) is 0 Å². The molecule has 1 aliphatic carbocycles. The molecule has 168 valence electrons. The molecule has 2 amide bonds. The Morgan fingerprint density at radius 2 is 1.73 bits per heavy atom. The van der Waals surface area contributed by atoms with E-state index in [1.807, 2.05) is 48.5 Å². The molecule has 10 nitrogen and oxygen atoms in total. The summed E-state index contributed by atoms with van der Waals surface area (Å²) in [4.78, 5) is 37.9. The number of aromatic nitrogens is 2. The van der Waals surface area contributed by atoms with Crippen LogP contribution in [0.25, 0.3) is 11.1 Å². The fourth-order valence-corrected chi connectivity index (χ4v) is 4.54. The number of hydrogen-bond acceptors (Lipinski definition) is 7. The summed E-state index contributed by atoms with van der Waals surface area (Å²) >= 11 is 0. The molecule has 1 atom stereocenters. The maximum absolute atomic E-state index is 12.8. The molecule has 2 N–H and O–H groups in total. The SMILES string of the molecule is O=C(Nc1nonc1C(=O)N1CCC[C@@H]1C(=O)O)OCC1c2ccccc2-c2ccccc21. The molecule has 1 saturated heterocycles. The van der Waals surface area contributed by atoms with E-state index in [1.165, 1.54) is 4.90 Å². The van der Waals surface area contributed by atoms with Crippen molar-refractivity contribution in [3.63, 3.8) is 0 Å². The predicted molar refractivity (Wildman–Crippen MR) is 115 cm³/mol. The van der Waals surface area contributed by atoms with Gasteiger partial charge < -0.3 is 14.7 Å². The van der Waals surface area contributed by atoms with Crippen LogP contribution in [0.3, 0.4) is 0 Å². The van der Waals surface area contributed by atoms with Crippen molar-refractivity contribution in [1.29, 1.82) is 0 Å². The quantitative estimate of drug-likeness (QED) is 0.608. The lowest BCUT2D eigenvalue weighted by Crippen LogP contribution is -2.40. The van der Waals surface area contributed by atoms with Crippen LogP contribution in [0.5, 0.6) is 0 Å². The molecular formula is C23H20N4O6. The molecule has 2 aliphatic rings.